The van der Waals surface area contributed by atoms with E-state index in [4.69, 9.17) is 4.98 Å². The molecule has 114 valence electrons. The van der Waals surface area contributed by atoms with Crippen molar-refractivity contribution >= 4 is 23.1 Å². The van der Waals surface area contributed by atoms with Gasteiger partial charge in [-0.05, 0) is 17.7 Å². The maximum Gasteiger partial charge on any atom is 0.0954 e. The van der Waals surface area contributed by atoms with Gasteiger partial charge in [0.15, 0.2) is 0 Å². The van der Waals surface area contributed by atoms with Crippen LogP contribution in [-0.2, 0) is 12.3 Å². The topological polar surface area (TPSA) is 24.9 Å². The number of nitrogens with zero attached hydrogens (tertiary/aromatic N) is 1. The van der Waals surface area contributed by atoms with E-state index in [1.54, 1.807) is 11.3 Å². The predicted molar refractivity (Wildman–Crippen MR) is 94.2 cm³/mol. The van der Waals surface area contributed by atoms with E-state index in [-0.39, 0.29) is 0 Å². The molecule has 2 aromatic rings. The first-order valence-corrected chi connectivity index (χ1v) is 9.30. The SMILES string of the molecule is CC(C)NCc1cccc(SCc2csc(C(C)C)n2)c1. The third-order valence-electron chi connectivity index (χ3n) is 3.06. The Morgan fingerprint density at radius 1 is 1.24 bits per heavy atom. The van der Waals surface area contributed by atoms with Crippen LogP contribution in [0, 0.1) is 0 Å². The van der Waals surface area contributed by atoms with E-state index in [1.807, 2.05) is 11.8 Å². The maximum absolute atomic E-state index is 4.69. The predicted octanol–water partition coefficient (Wildman–Crippen LogP) is 5.06. The molecule has 0 aliphatic carbocycles. The van der Waals surface area contributed by atoms with Gasteiger partial charge in [-0.15, -0.1) is 23.1 Å². The van der Waals surface area contributed by atoms with Crippen molar-refractivity contribution in [3.63, 3.8) is 0 Å². The first-order chi connectivity index (χ1) is 10.0. The van der Waals surface area contributed by atoms with Crippen LogP contribution in [-0.4, -0.2) is 11.0 Å². The third kappa shape index (κ3) is 5.46. The highest BCUT2D eigenvalue weighted by atomic mass is 32.2. The molecule has 0 saturated carbocycles. The number of thioether (sulfide) groups is 1. The Balaban J connectivity index is 1.91. The minimum Gasteiger partial charge on any atom is -0.310 e. The van der Waals surface area contributed by atoms with Crippen molar-refractivity contribution in [3.05, 3.63) is 45.9 Å². The molecule has 1 aromatic heterocycles. The number of thiazole rings is 1. The van der Waals surface area contributed by atoms with Crippen molar-refractivity contribution in [2.45, 2.75) is 56.8 Å². The molecule has 2 nitrogen and oxygen atoms in total. The third-order valence-corrected chi connectivity index (χ3v) is 5.28. The van der Waals surface area contributed by atoms with Crippen molar-refractivity contribution in [2.75, 3.05) is 0 Å². The fourth-order valence-corrected chi connectivity index (χ4v) is 3.69. The summed E-state index contributed by atoms with van der Waals surface area (Å²) in [5.74, 6) is 1.48. The van der Waals surface area contributed by atoms with E-state index in [2.05, 4.69) is 62.7 Å². The molecule has 0 saturated heterocycles. The fraction of sp³-hybridized carbons (Fsp3) is 0.471. The second-order valence-corrected chi connectivity index (χ2v) is 7.74. The summed E-state index contributed by atoms with van der Waals surface area (Å²) in [5.41, 5.74) is 2.54. The van der Waals surface area contributed by atoms with E-state index in [1.165, 1.54) is 21.2 Å². The zero-order chi connectivity index (χ0) is 15.2. The summed E-state index contributed by atoms with van der Waals surface area (Å²) < 4.78 is 0. The van der Waals surface area contributed by atoms with Crippen LogP contribution in [0.5, 0.6) is 0 Å². The van der Waals surface area contributed by atoms with Gasteiger partial charge in [0.25, 0.3) is 0 Å². The van der Waals surface area contributed by atoms with Crippen LogP contribution in [0.1, 0.15) is 49.9 Å². The molecule has 21 heavy (non-hydrogen) atoms. The van der Waals surface area contributed by atoms with Gasteiger partial charge < -0.3 is 5.32 Å². The summed E-state index contributed by atoms with van der Waals surface area (Å²) in [7, 11) is 0. The molecule has 0 amide bonds. The van der Waals surface area contributed by atoms with Crippen LogP contribution >= 0.6 is 23.1 Å². The largest absolute Gasteiger partial charge is 0.310 e. The Morgan fingerprint density at radius 3 is 2.71 bits per heavy atom. The number of nitrogens with one attached hydrogen (secondary N) is 1. The average molecular weight is 321 g/mol. The van der Waals surface area contributed by atoms with Crippen molar-refractivity contribution in [1.29, 1.82) is 0 Å². The first-order valence-electron chi connectivity index (χ1n) is 7.44. The van der Waals surface area contributed by atoms with Gasteiger partial charge in [-0.3, -0.25) is 0 Å². The highest BCUT2D eigenvalue weighted by molar-refractivity contribution is 7.98. The highest BCUT2D eigenvalue weighted by Crippen LogP contribution is 2.26. The van der Waals surface area contributed by atoms with Crippen molar-refractivity contribution in [1.82, 2.24) is 10.3 Å². The standard InChI is InChI=1S/C17H24N2S2/c1-12(2)17-19-15(11-21-17)10-20-16-7-5-6-14(8-16)9-18-13(3)4/h5-8,11-13,18H,9-10H2,1-4H3. The minimum absolute atomic E-state index is 0.519. The maximum atomic E-state index is 4.69. The normalized spacial score (nSPS) is 11.5. The summed E-state index contributed by atoms with van der Waals surface area (Å²) in [6.07, 6.45) is 0. The van der Waals surface area contributed by atoms with E-state index in [9.17, 15) is 0 Å². The summed E-state index contributed by atoms with van der Waals surface area (Å²) in [6.45, 7) is 9.67. The molecule has 1 heterocycles. The molecule has 4 heteroatoms. The van der Waals surface area contributed by atoms with E-state index < -0.39 is 0 Å². The number of benzene rings is 1. The highest BCUT2D eigenvalue weighted by Gasteiger charge is 2.06. The molecule has 0 aliphatic rings. The molecule has 0 unspecified atom stereocenters. The molecule has 0 fully saturated rings. The van der Waals surface area contributed by atoms with E-state index in [0.29, 0.717) is 12.0 Å². The second-order valence-electron chi connectivity index (χ2n) is 5.80. The van der Waals surface area contributed by atoms with Crippen molar-refractivity contribution < 1.29 is 0 Å². The summed E-state index contributed by atoms with van der Waals surface area (Å²) in [4.78, 5) is 6.01. The Hall–Kier alpha value is -0.840. The lowest BCUT2D eigenvalue weighted by Crippen LogP contribution is -2.21. The molecule has 2 rings (SSSR count). The molecule has 1 aromatic carbocycles. The lowest BCUT2D eigenvalue weighted by Gasteiger charge is -2.09. The number of aromatic nitrogens is 1. The van der Waals surface area contributed by atoms with Gasteiger partial charge >= 0.3 is 0 Å². The van der Waals surface area contributed by atoms with Gasteiger partial charge in [0, 0.05) is 34.5 Å². The van der Waals surface area contributed by atoms with Gasteiger partial charge in [0.2, 0.25) is 0 Å². The van der Waals surface area contributed by atoms with Crippen LogP contribution in [0.2, 0.25) is 0 Å². The van der Waals surface area contributed by atoms with Crippen LogP contribution in [0.15, 0.2) is 34.5 Å². The molecule has 0 atom stereocenters. The summed E-state index contributed by atoms with van der Waals surface area (Å²) in [6, 6.07) is 9.29. The van der Waals surface area contributed by atoms with Gasteiger partial charge in [-0.1, -0.05) is 39.8 Å². The van der Waals surface area contributed by atoms with Crippen LogP contribution in [0.4, 0.5) is 0 Å². The lowest BCUT2D eigenvalue weighted by molar-refractivity contribution is 0.588. The molecular weight excluding hydrogens is 296 g/mol. The zero-order valence-electron chi connectivity index (χ0n) is 13.2. The Morgan fingerprint density at radius 2 is 2.05 bits per heavy atom. The lowest BCUT2D eigenvalue weighted by atomic mass is 10.2. The summed E-state index contributed by atoms with van der Waals surface area (Å²) >= 11 is 3.64. The minimum atomic E-state index is 0.519. The smallest absolute Gasteiger partial charge is 0.0954 e. The molecule has 0 aliphatic heterocycles. The molecular formula is C17H24N2S2. The van der Waals surface area contributed by atoms with E-state index in [0.717, 1.165) is 12.3 Å². The Bertz CT molecular complexity index is 561. The van der Waals surface area contributed by atoms with E-state index >= 15 is 0 Å². The van der Waals surface area contributed by atoms with Gasteiger partial charge in [-0.2, -0.15) is 0 Å². The van der Waals surface area contributed by atoms with Crippen LogP contribution < -0.4 is 5.32 Å². The van der Waals surface area contributed by atoms with Gasteiger partial charge in [-0.25, -0.2) is 4.98 Å². The number of hydrogen-bond acceptors (Lipinski definition) is 4. The monoisotopic (exact) mass is 320 g/mol. The van der Waals surface area contributed by atoms with Gasteiger partial charge in [0.05, 0.1) is 10.7 Å². The molecule has 0 spiro atoms. The fourth-order valence-electron chi connectivity index (χ4n) is 1.88. The number of hydrogen-bond donors (Lipinski definition) is 1. The van der Waals surface area contributed by atoms with Crippen molar-refractivity contribution in [3.8, 4) is 0 Å². The molecule has 0 bridgehead atoms. The number of rotatable bonds is 7. The Kier molecular flexibility index (Phi) is 6.27. The molecule has 1 N–H and O–H groups in total. The van der Waals surface area contributed by atoms with Crippen molar-refractivity contribution in [2.24, 2.45) is 0 Å². The van der Waals surface area contributed by atoms with Crippen LogP contribution in [0.25, 0.3) is 0 Å². The first kappa shape index (κ1) is 16.5. The Labute approximate surface area is 136 Å². The summed E-state index contributed by atoms with van der Waals surface area (Å²) in [5, 5.41) is 6.88. The van der Waals surface area contributed by atoms with Gasteiger partial charge in [0.1, 0.15) is 0 Å². The quantitative estimate of drug-likeness (QED) is 0.722. The second kappa shape index (κ2) is 7.97. The average Bonchev–Trinajstić information content (AvgIpc) is 2.92. The zero-order valence-corrected chi connectivity index (χ0v) is 14.9. The molecule has 0 radical (unpaired) electrons. The van der Waals surface area contributed by atoms with Crippen LogP contribution in [0.3, 0.4) is 0 Å².